The number of nitrogens with zero attached hydrogens (tertiary/aromatic N) is 1. The molecule has 0 aromatic heterocycles. The average Bonchev–Trinajstić information content (AvgIpc) is 2.84. The molecule has 0 saturated carbocycles. The number of anilines is 1. The summed E-state index contributed by atoms with van der Waals surface area (Å²) in [6.45, 7) is 4.54. The number of hydrogen-bond acceptors (Lipinski definition) is 5. The fourth-order valence-corrected chi connectivity index (χ4v) is 4.46. The zero-order valence-electron chi connectivity index (χ0n) is 19.8. The second kappa shape index (κ2) is 11.4. The number of imide groups is 2. The zero-order chi connectivity index (χ0) is 26.7. The van der Waals surface area contributed by atoms with Crippen molar-refractivity contribution in [1.29, 1.82) is 0 Å². The lowest BCUT2D eigenvalue weighted by molar-refractivity contribution is -0.122. The lowest BCUT2D eigenvalue weighted by Crippen LogP contribution is -2.54. The molecule has 1 fully saturated rings. The van der Waals surface area contributed by atoms with Crippen LogP contribution in [0.5, 0.6) is 11.5 Å². The van der Waals surface area contributed by atoms with Gasteiger partial charge in [0, 0.05) is 0 Å². The first-order valence-electron chi connectivity index (χ1n) is 11.2. The Hall–Kier alpha value is -3.33. The number of hydrogen-bond donors (Lipinski definition) is 1. The van der Waals surface area contributed by atoms with E-state index in [1.165, 1.54) is 24.3 Å². The van der Waals surface area contributed by atoms with Gasteiger partial charge in [-0.2, -0.15) is 0 Å². The van der Waals surface area contributed by atoms with Gasteiger partial charge in [0.05, 0.1) is 26.8 Å². The SMILES string of the molecule is CCOc1cc(/C=C2\C(=O)NC(=O)N(c3ccc(Cl)c(Cl)c3)C2=O)cc(Br)c1OCc1ccc(C)cc1. The number of carbonyl (C=O) groups is 3. The number of halogens is 3. The van der Waals surface area contributed by atoms with Crippen LogP contribution in [0.4, 0.5) is 10.5 Å². The molecule has 0 radical (unpaired) electrons. The molecule has 1 saturated heterocycles. The number of barbiturate groups is 1. The minimum atomic E-state index is -0.887. The number of amides is 4. The molecule has 37 heavy (non-hydrogen) atoms. The normalized spacial score (nSPS) is 14.7. The molecule has 3 aromatic rings. The van der Waals surface area contributed by atoms with Gasteiger partial charge < -0.3 is 9.47 Å². The van der Waals surface area contributed by atoms with Gasteiger partial charge in [-0.3, -0.25) is 14.9 Å². The van der Waals surface area contributed by atoms with E-state index in [2.05, 4.69) is 21.2 Å². The number of benzene rings is 3. The van der Waals surface area contributed by atoms with Crippen molar-refractivity contribution in [2.24, 2.45) is 0 Å². The molecule has 0 bridgehead atoms. The maximum Gasteiger partial charge on any atom is 0.335 e. The van der Waals surface area contributed by atoms with Gasteiger partial charge in [0.1, 0.15) is 12.2 Å². The van der Waals surface area contributed by atoms with E-state index in [0.29, 0.717) is 34.7 Å². The summed E-state index contributed by atoms with van der Waals surface area (Å²) in [5.74, 6) is -0.713. The van der Waals surface area contributed by atoms with Crippen LogP contribution in [0, 0.1) is 6.92 Å². The van der Waals surface area contributed by atoms with Crippen LogP contribution in [0.15, 0.2) is 64.6 Å². The Balaban J connectivity index is 1.66. The van der Waals surface area contributed by atoms with Crippen LogP contribution < -0.4 is 19.7 Å². The second-order valence-corrected chi connectivity index (χ2v) is 9.76. The highest BCUT2D eigenvalue weighted by Crippen LogP contribution is 2.38. The first-order valence-corrected chi connectivity index (χ1v) is 12.7. The highest BCUT2D eigenvalue weighted by Gasteiger charge is 2.37. The van der Waals surface area contributed by atoms with Crippen molar-refractivity contribution in [3.05, 3.63) is 91.4 Å². The van der Waals surface area contributed by atoms with E-state index in [-0.39, 0.29) is 21.3 Å². The molecule has 3 aromatic carbocycles. The third-order valence-electron chi connectivity index (χ3n) is 5.41. The van der Waals surface area contributed by atoms with Gasteiger partial charge in [0.15, 0.2) is 11.5 Å². The summed E-state index contributed by atoms with van der Waals surface area (Å²) in [5, 5.41) is 2.61. The molecule has 1 aliphatic heterocycles. The van der Waals surface area contributed by atoms with Crippen LogP contribution in [0.25, 0.3) is 6.08 Å². The van der Waals surface area contributed by atoms with E-state index in [1.807, 2.05) is 38.1 Å². The summed E-state index contributed by atoms with van der Waals surface area (Å²) in [6.07, 6.45) is 1.38. The predicted molar refractivity (Wildman–Crippen MR) is 146 cm³/mol. The molecule has 1 N–H and O–H groups in total. The summed E-state index contributed by atoms with van der Waals surface area (Å²) in [4.78, 5) is 39.1. The molecule has 4 amide bonds. The molecule has 4 rings (SSSR count). The van der Waals surface area contributed by atoms with Crippen molar-refractivity contribution in [3.8, 4) is 11.5 Å². The van der Waals surface area contributed by atoms with Crippen molar-refractivity contribution >= 4 is 68.7 Å². The highest BCUT2D eigenvalue weighted by atomic mass is 79.9. The molecule has 10 heteroatoms. The summed E-state index contributed by atoms with van der Waals surface area (Å²) >= 11 is 15.5. The summed E-state index contributed by atoms with van der Waals surface area (Å²) in [5.41, 5.74) is 2.56. The molecular weight excluding hydrogens is 583 g/mol. The quantitative estimate of drug-likeness (QED) is 0.240. The number of nitrogens with one attached hydrogen (secondary N) is 1. The van der Waals surface area contributed by atoms with E-state index < -0.39 is 17.8 Å². The van der Waals surface area contributed by atoms with E-state index in [1.54, 1.807) is 12.1 Å². The van der Waals surface area contributed by atoms with Gasteiger partial charge in [-0.25, -0.2) is 9.69 Å². The van der Waals surface area contributed by atoms with Crippen LogP contribution in [-0.4, -0.2) is 24.5 Å². The molecule has 1 aliphatic rings. The summed E-state index contributed by atoms with van der Waals surface area (Å²) in [6, 6.07) is 14.7. The Morgan fingerprint density at radius 2 is 1.70 bits per heavy atom. The van der Waals surface area contributed by atoms with Gasteiger partial charge in [-0.15, -0.1) is 0 Å². The van der Waals surface area contributed by atoms with Gasteiger partial charge in [0.25, 0.3) is 11.8 Å². The van der Waals surface area contributed by atoms with E-state index >= 15 is 0 Å². The third-order valence-corrected chi connectivity index (χ3v) is 6.74. The first-order chi connectivity index (χ1) is 17.7. The molecule has 0 atom stereocenters. The van der Waals surface area contributed by atoms with Gasteiger partial charge >= 0.3 is 6.03 Å². The Bertz CT molecular complexity index is 1420. The average molecular weight is 604 g/mol. The molecule has 1 heterocycles. The number of aryl methyl sites for hydroxylation is 1. The van der Waals surface area contributed by atoms with Gasteiger partial charge in [-0.1, -0.05) is 53.0 Å². The van der Waals surface area contributed by atoms with Gasteiger partial charge in [-0.05, 0) is 77.3 Å². The van der Waals surface area contributed by atoms with Crippen molar-refractivity contribution in [2.75, 3.05) is 11.5 Å². The number of urea groups is 1. The first kappa shape index (κ1) is 26.7. The zero-order valence-corrected chi connectivity index (χ0v) is 22.9. The van der Waals surface area contributed by atoms with E-state index in [0.717, 1.165) is 16.0 Å². The summed E-state index contributed by atoms with van der Waals surface area (Å²) < 4.78 is 12.4. The topological polar surface area (TPSA) is 84.9 Å². The fraction of sp³-hybridized carbons (Fsp3) is 0.148. The molecule has 0 aliphatic carbocycles. The van der Waals surface area contributed by atoms with Crippen LogP contribution >= 0.6 is 39.1 Å². The minimum absolute atomic E-state index is 0.161. The maximum absolute atomic E-state index is 13.2. The number of carbonyl (C=O) groups excluding carboxylic acids is 3. The molecule has 190 valence electrons. The predicted octanol–water partition coefficient (Wildman–Crippen LogP) is 6.71. The second-order valence-electron chi connectivity index (χ2n) is 8.09. The van der Waals surface area contributed by atoms with E-state index in [4.69, 9.17) is 32.7 Å². The standard InChI is InChI=1S/C27H21BrCl2N2O5/c1-3-36-23-12-17(11-20(28)24(23)37-14-16-6-4-15(2)5-7-16)10-19-25(33)31-27(35)32(26(19)34)18-8-9-21(29)22(30)13-18/h4-13H,3,14H2,1-2H3,(H,31,33,35)/b19-10+. The van der Waals surface area contributed by atoms with E-state index in [9.17, 15) is 14.4 Å². The lowest BCUT2D eigenvalue weighted by atomic mass is 10.1. The smallest absolute Gasteiger partial charge is 0.335 e. The van der Waals surface area contributed by atoms with Crippen molar-refractivity contribution in [2.45, 2.75) is 20.5 Å². The Kier molecular flexibility index (Phi) is 8.22. The van der Waals surface area contributed by atoms with Crippen LogP contribution in [0.1, 0.15) is 23.6 Å². The van der Waals surface area contributed by atoms with Crippen molar-refractivity contribution in [1.82, 2.24) is 5.32 Å². The monoisotopic (exact) mass is 602 g/mol. The Morgan fingerprint density at radius 3 is 2.38 bits per heavy atom. The largest absolute Gasteiger partial charge is 0.490 e. The van der Waals surface area contributed by atoms with Crippen molar-refractivity contribution < 1.29 is 23.9 Å². The van der Waals surface area contributed by atoms with Crippen molar-refractivity contribution in [3.63, 3.8) is 0 Å². The maximum atomic E-state index is 13.2. The van der Waals surface area contributed by atoms with Crippen LogP contribution in [0.3, 0.4) is 0 Å². The highest BCUT2D eigenvalue weighted by molar-refractivity contribution is 9.10. The Morgan fingerprint density at radius 1 is 0.973 bits per heavy atom. The number of rotatable bonds is 7. The fourth-order valence-electron chi connectivity index (χ4n) is 3.60. The molecular formula is C27H21BrCl2N2O5. The Labute approximate surface area is 232 Å². The van der Waals surface area contributed by atoms with Crippen LogP contribution in [-0.2, 0) is 16.2 Å². The third kappa shape index (κ3) is 5.98. The molecule has 0 unspecified atom stereocenters. The molecule has 0 spiro atoms. The summed E-state index contributed by atoms with van der Waals surface area (Å²) in [7, 11) is 0. The number of ether oxygens (including phenoxy) is 2. The molecule has 7 nitrogen and oxygen atoms in total. The lowest BCUT2D eigenvalue weighted by Gasteiger charge is -2.26. The minimum Gasteiger partial charge on any atom is -0.490 e. The van der Waals surface area contributed by atoms with Gasteiger partial charge in [0.2, 0.25) is 0 Å². The van der Waals surface area contributed by atoms with Crippen LogP contribution in [0.2, 0.25) is 10.0 Å².